The minimum absolute atomic E-state index is 0.402. The molecule has 1 aliphatic heterocycles. The molecule has 2 rings (SSSR count). The average molecular weight is 205 g/mol. The van der Waals surface area contributed by atoms with Crippen LogP contribution in [0.3, 0.4) is 0 Å². The minimum Gasteiger partial charge on any atom is -0.363 e. The van der Waals surface area contributed by atoms with Crippen molar-refractivity contribution in [1.82, 2.24) is 14.9 Å². The zero-order chi connectivity index (χ0) is 10.8. The van der Waals surface area contributed by atoms with Crippen LogP contribution in [0.1, 0.15) is 18.4 Å². The average Bonchev–Trinajstić information content (AvgIpc) is 2.58. The van der Waals surface area contributed by atoms with Crippen molar-refractivity contribution >= 4 is 11.7 Å². The quantitative estimate of drug-likeness (QED) is 0.731. The van der Waals surface area contributed by atoms with Gasteiger partial charge in [0.15, 0.2) is 5.82 Å². The number of rotatable bonds is 1. The highest BCUT2D eigenvalue weighted by atomic mass is 16.1. The summed E-state index contributed by atoms with van der Waals surface area (Å²) in [6, 6.07) is 0. The van der Waals surface area contributed by atoms with Crippen LogP contribution in [0.5, 0.6) is 0 Å². The molecule has 0 aliphatic carbocycles. The van der Waals surface area contributed by atoms with Gasteiger partial charge in [-0.25, -0.2) is 9.79 Å². The molecule has 0 saturated carbocycles. The summed E-state index contributed by atoms with van der Waals surface area (Å²) >= 11 is 0. The Morgan fingerprint density at radius 1 is 1.60 bits per heavy atom. The Bertz CT molecular complexity index is 449. The van der Waals surface area contributed by atoms with Crippen molar-refractivity contribution in [3.05, 3.63) is 22.2 Å². The van der Waals surface area contributed by atoms with Crippen molar-refractivity contribution < 1.29 is 0 Å². The summed E-state index contributed by atoms with van der Waals surface area (Å²) in [4.78, 5) is 23.7. The molecular weight excluding hydrogens is 192 g/mol. The van der Waals surface area contributed by atoms with E-state index in [0.717, 1.165) is 30.8 Å². The molecule has 1 aromatic heterocycles. The minimum atomic E-state index is -0.402. The van der Waals surface area contributed by atoms with Crippen molar-refractivity contribution in [3.8, 4) is 0 Å². The fraction of sp³-hybridized carbons (Fsp3) is 0.500. The number of amidine groups is 1. The fourth-order valence-corrected chi connectivity index (χ4v) is 1.58. The van der Waals surface area contributed by atoms with E-state index in [-0.39, 0.29) is 0 Å². The van der Waals surface area contributed by atoms with Gasteiger partial charge in [-0.1, -0.05) is 0 Å². The first kappa shape index (κ1) is 9.89. The number of likely N-dealkylation sites (tertiary alicyclic amines) is 1. The summed E-state index contributed by atoms with van der Waals surface area (Å²) in [5.41, 5.74) is 0.364. The zero-order valence-corrected chi connectivity index (χ0v) is 8.87. The summed E-state index contributed by atoms with van der Waals surface area (Å²) in [6.07, 6.45) is 4.79. The second-order valence-electron chi connectivity index (χ2n) is 3.67. The predicted molar refractivity (Wildman–Crippen MR) is 57.4 cm³/mol. The molecule has 1 radical (unpaired) electrons. The third kappa shape index (κ3) is 2.06. The number of nitrogens with zero attached hydrogens (tertiary/aromatic N) is 3. The predicted octanol–water partition coefficient (Wildman–Crippen LogP) is 0.634. The van der Waals surface area contributed by atoms with Crippen LogP contribution < -0.4 is 5.69 Å². The Balaban J connectivity index is 2.38. The third-order valence-corrected chi connectivity index (χ3v) is 2.47. The molecule has 1 saturated heterocycles. The topological polar surface area (TPSA) is 61.4 Å². The maximum Gasteiger partial charge on any atom is 0.347 e. The molecule has 79 valence electrons. The lowest BCUT2D eigenvalue weighted by Crippen LogP contribution is -2.19. The molecule has 0 unspecified atom stereocenters. The standard InChI is InChI=1S/C10H13N4O/c1-7-6-11-10(15)13-9(7)12-8-4-3-5-14(8)2/h3-5H2,1-2H3,(H,11,13,15). The number of aryl methyl sites for hydroxylation is 1. The van der Waals surface area contributed by atoms with E-state index < -0.39 is 5.69 Å². The summed E-state index contributed by atoms with van der Waals surface area (Å²) in [5.74, 6) is 1.46. The Morgan fingerprint density at radius 2 is 2.40 bits per heavy atom. The molecule has 5 nitrogen and oxygen atoms in total. The van der Waals surface area contributed by atoms with Gasteiger partial charge in [0, 0.05) is 25.6 Å². The van der Waals surface area contributed by atoms with Gasteiger partial charge in [-0.2, -0.15) is 4.98 Å². The molecule has 5 heteroatoms. The molecule has 1 aromatic rings. The van der Waals surface area contributed by atoms with Crippen LogP contribution in [0.15, 0.2) is 9.79 Å². The molecule has 1 aliphatic rings. The molecule has 0 bridgehead atoms. The van der Waals surface area contributed by atoms with Gasteiger partial charge in [0.2, 0.25) is 0 Å². The Hall–Kier alpha value is -1.65. The van der Waals surface area contributed by atoms with Gasteiger partial charge in [0.1, 0.15) is 5.84 Å². The maximum absolute atomic E-state index is 11.0. The largest absolute Gasteiger partial charge is 0.363 e. The first-order chi connectivity index (χ1) is 7.16. The van der Waals surface area contributed by atoms with Crippen LogP contribution in [0.2, 0.25) is 0 Å². The van der Waals surface area contributed by atoms with Crippen LogP contribution in [0.4, 0.5) is 5.82 Å². The second-order valence-corrected chi connectivity index (χ2v) is 3.67. The molecule has 0 spiro atoms. The highest BCUT2D eigenvalue weighted by Gasteiger charge is 2.14. The molecule has 1 N–H and O–H groups in total. The smallest absolute Gasteiger partial charge is 0.347 e. The summed E-state index contributed by atoms with van der Waals surface area (Å²) in [5, 5.41) is 0. The van der Waals surface area contributed by atoms with Gasteiger partial charge < -0.3 is 9.88 Å². The van der Waals surface area contributed by atoms with Crippen molar-refractivity contribution in [2.24, 2.45) is 4.99 Å². The number of H-pyrrole nitrogens is 1. The van der Waals surface area contributed by atoms with E-state index in [9.17, 15) is 4.79 Å². The first-order valence-corrected chi connectivity index (χ1v) is 4.94. The number of aliphatic imine (C=N–C) groups is 1. The molecule has 0 amide bonds. The van der Waals surface area contributed by atoms with Gasteiger partial charge in [0.05, 0.1) is 6.20 Å². The lowest BCUT2D eigenvalue weighted by Gasteiger charge is -2.10. The fourth-order valence-electron chi connectivity index (χ4n) is 1.58. The molecule has 0 atom stereocenters. The molecule has 1 fully saturated rings. The summed E-state index contributed by atoms with van der Waals surface area (Å²) in [6.45, 7) is 2.85. The normalized spacial score (nSPS) is 18.8. The third-order valence-electron chi connectivity index (χ3n) is 2.47. The summed E-state index contributed by atoms with van der Waals surface area (Å²) in [7, 11) is 2.00. The molecular formula is C10H13N4O. The highest BCUT2D eigenvalue weighted by molar-refractivity contribution is 5.86. The SMILES string of the molecule is Cc1[c][nH]c(=O)nc1N=C1CCCN1C. The Labute approximate surface area is 87.9 Å². The van der Waals surface area contributed by atoms with E-state index >= 15 is 0 Å². The first-order valence-electron chi connectivity index (χ1n) is 4.94. The van der Waals surface area contributed by atoms with Gasteiger partial charge in [-0.05, 0) is 13.3 Å². The van der Waals surface area contributed by atoms with Crippen molar-refractivity contribution in [2.45, 2.75) is 19.8 Å². The number of nitrogens with one attached hydrogen (secondary N) is 1. The van der Waals surface area contributed by atoms with E-state index in [1.54, 1.807) is 0 Å². The second kappa shape index (κ2) is 3.84. The van der Waals surface area contributed by atoms with Gasteiger partial charge in [-0.3, -0.25) is 0 Å². The number of hydrogen-bond acceptors (Lipinski definition) is 3. The lowest BCUT2D eigenvalue weighted by atomic mass is 10.3. The number of hydrogen-bond donors (Lipinski definition) is 1. The van der Waals surface area contributed by atoms with E-state index in [1.165, 1.54) is 0 Å². The van der Waals surface area contributed by atoms with Crippen LogP contribution in [-0.2, 0) is 0 Å². The Morgan fingerprint density at radius 3 is 3.07 bits per heavy atom. The van der Waals surface area contributed by atoms with Gasteiger partial charge >= 0.3 is 5.69 Å². The number of aromatic amines is 1. The lowest BCUT2D eigenvalue weighted by molar-refractivity contribution is 0.549. The van der Waals surface area contributed by atoms with Gasteiger partial charge in [0.25, 0.3) is 0 Å². The van der Waals surface area contributed by atoms with E-state index in [0.29, 0.717) is 5.82 Å². The van der Waals surface area contributed by atoms with Crippen molar-refractivity contribution in [3.63, 3.8) is 0 Å². The molecule has 0 aromatic carbocycles. The number of aromatic nitrogens is 2. The summed E-state index contributed by atoms with van der Waals surface area (Å²) < 4.78 is 0. The zero-order valence-electron chi connectivity index (χ0n) is 8.87. The Kier molecular flexibility index (Phi) is 2.53. The van der Waals surface area contributed by atoms with E-state index in [1.807, 2.05) is 14.0 Å². The van der Waals surface area contributed by atoms with Crippen molar-refractivity contribution in [2.75, 3.05) is 13.6 Å². The van der Waals surface area contributed by atoms with Crippen LogP contribution >= 0.6 is 0 Å². The molecule has 2 heterocycles. The monoisotopic (exact) mass is 205 g/mol. The van der Waals surface area contributed by atoms with Crippen LogP contribution in [-0.4, -0.2) is 34.3 Å². The van der Waals surface area contributed by atoms with Gasteiger partial charge in [-0.15, -0.1) is 0 Å². The van der Waals surface area contributed by atoms with E-state index in [2.05, 4.69) is 26.1 Å². The maximum atomic E-state index is 11.0. The van der Waals surface area contributed by atoms with E-state index in [4.69, 9.17) is 0 Å². The molecule has 15 heavy (non-hydrogen) atoms. The highest BCUT2D eigenvalue weighted by Crippen LogP contribution is 2.16. The van der Waals surface area contributed by atoms with Crippen molar-refractivity contribution in [1.29, 1.82) is 0 Å². The van der Waals surface area contributed by atoms with Crippen LogP contribution in [0, 0.1) is 13.1 Å². The van der Waals surface area contributed by atoms with Crippen LogP contribution in [0.25, 0.3) is 0 Å².